The van der Waals surface area contributed by atoms with Gasteiger partial charge in [-0.2, -0.15) is 87.8 Å². The number of esters is 2. The normalized spacial score (nSPS) is 17.0. The molecule has 0 aliphatic carbocycles. The van der Waals surface area contributed by atoms with Crippen molar-refractivity contribution in [2.45, 2.75) is 97.3 Å². The average molecular weight is 908 g/mol. The van der Waals surface area contributed by atoms with Crippen LogP contribution < -0.4 is 0 Å². The molecule has 0 amide bonds. The van der Waals surface area contributed by atoms with E-state index in [0.717, 1.165) is 13.1 Å². The van der Waals surface area contributed by atoms with Gasteiger partial charge in [0.25, 0.3) is 0 Å². The van der Waals surface area contributed by atoms with Gasteiger partial charge in [-0.3, -0.25) is 9.59 Å². The first-order chi connectivity index (χ1) is 25.0. The van der Waals surface area contributed by atoms with Gasteiger partial charge in [0, 0.05) is 0 Å². The maximum absolute atomic E-state index is 14.0. The highest BCUT2D eigenvalue weighted by Crippen LogP contribution is 2.60. The van der Waals surface area contributed by atoms with Crippen LogP contribution in [-0.2, 0) is 19.1 Å². The molecule has 0 aliphatic heterocycles. The molecule has 0 N–H and O–H groups in total. The first kappa shape index (κ1) is 53.8. The molecule has 0 fully saturated rings. The molecule has 57 heavy (non-hydrogen) atoms. The summed E-state index contributed by atoms with van der Waals surface area (Å²) < 4.78 is 354. The number of carbonyl (C=O) groups is 2. The number of hydrogen-bond acceptors (Lipinski definition) is 4. The Morgan fingerprint density at radius 1 is 0.491 bits per heavy atom. The summed E-state index contributed by atoms with van der Waals surface area (Å²) in [5.41, 5.74) is 0. The van der Waals surface area contributed by atoms with Gasteiger partial charge in [0.15, 0.2) is 12.3 Å². The molecule has 0 aromatic rings. The molecule has 0 heterocycles. The van der Waals surface area contributed by atoms with Gasteiger partial charge in [-0.15, -0.1) is 0 Å². The SMILES string of the molecule is C=CC[N+](C)(CCOC(=O)CC(F)C(F)(F)C(F)(F)C(F)(F)C(F)(F)C(F)(F)C(F)F)CCOC(=O)CC(F)C(F)(F)C(F)(F)C(F)(F)C(F)(F)C(F)(F)C(F)F. The van der Waals surface area contributed by atoms with E-state index in [1.165, 1.54) is 0 Å². The fourth-order valence-corrected chi connectivity index (χ4v) is 3.93. The van der Waals surface area contributed by atoms with E-state index in [1.54, 1.807) is 0 Å². The van der Waals surface area contributed by atoms with Crippen LogP contribution in [0.5, 0.6) is 0 Å². The number of nitrogens with zero attached hydrogens (tertiary/aromatic N) is 1. The van der Waals surface area contributed by atoms with Gasteiger partial charge in [-0.25, -0.2) is 26.3 Å². The highest BCUT2D eigenvalue weighted by atomic mass is 19.4. The summed E-state index contributed by atoms with van der Waals surface area (Å²) >= 11 is 0. The van der Waals surface area contributed by atoms with Gasteiger partial charge >= 0.3 is 84.0 Å². The number of alkyl halides is 26. The molecule has 0 saturated heterocycles. The van der Waals surface area contributed by atoms with Crippen molar-refractivity contribution in [1.29, 1.82) is 0 Å². The molecule has 0 bridgehead atoms. The van der Waals surface area contributed by atoms with Crippen LogP contribution in [0.4, 0.5) is 114 Å². The van der Waals surface area contributed by atoms with Gasteiger partial charge in [-0.05, 0) is 6.08 Å². The summed E-state index contributed by atoms with van der Waals surface area (Å²) in [5, 5.41) is 0. The second-order valence-electron chi connectivity index (χ2n) is 11.9. The first-order valence-electron chi connectivity index (χ1n) is 14.4. The number of quaternary nitrogens is 1. The van der Waals surface area contributed by atoms with E-state index in [4.69, 9.17) is 0 Å². The Kier molecular flexibility index (Phi) is 16.2. The van der Waals surface area contributed by atoms with Crippen LogP contribution in [0.15, 0.2) is 12.7 Å². The molecule has 2 unspecified atom stereocenters. The Bertz CT molecular complexity index is 1290. The van der Waals surface area contributed by atoms with Gasteiger partial charge in [0.1, 0.15) is 26.3 Å². The summed E-state index contributed by atoms with van der Waals surface area (Å²) in [4.78, 5) is 23.4. The Hall–Kier alpha value is -3.18. The number of carbonyl (C=O) groups excluding carboxylic acids is 2. The van der Waals surface area contributed by atoms with Crippen LogP contribution in [0.3, 0.4) is 0 Å². The molecular formula is C26H24F26NO4+. The van der Waals surface area contributed by atoms with E-state index in [2.05, 4.69) is 16.1 Å². The lowest BCUT2D eigenvalue weighted by Crippen LogP contribution is -2.70. The van der Waals surface area contributed by atoms with Crippen molar-refractivity contribution in [3.05, 3.63) is 12.7 Å². The van der Waals surface area contributed by atoms with Crippen LogP contribution in [0.2, 0.25) is 0 Å². The van der Waals surface area contributed by atoms with E-state index < -0.39 is 147 Å². The van der Waals surface area contributed by atoms with Crippen LogP contribution >= 0.6 is 0 Å². The minimum absolute atomic E-state index is 0.430. The number of halogens is 26. The molecule has 0 saturated carbocycles. The number of hydrogen-bond donors (Lipinski definition) is 0. The van der Waals surface area contributed by atoms with Gasteiger partial charge in [0.2, 0.25) is 0 Å². The van der Waals surface area contributed by atoms with E-state index in [0.29, 0.717) is 0 Å². The minimum Gasteiger partial charge on any atom is -0.460 e. The van der Waals surface area contributed by atoms with Crippen molar-refractivity contribution in [2.24, 2.45) is 0 Å². The van der Waals surface area contributed by atoms with Crippen LogP contribution in [0.25, 0.3) is 0 Å². The molecule has 0 aliphatic rings. The van der Waals surface area contributed by atoms with Crippen LogP contribution in [0.1, 0.15) is 12.8 Å². The predicted octanol–water partition coefficient (Wildman–Crippen LogP) is 9.04. The molecule has 0 aromatic carbocycles. The number of ether oxygens (including phenoxy) is 2. The maximum atomic E-state index is 14.0. The topological polar surface area (TPSA) is 52.6 Å². The zero-order valence-electron chi connectivity index (χ0n) is 27.5. The molecule has 0 radical (unpaired) electrons. The Morgan fingerprint density at radius 2 is 0.737 bits per heavy atom. The molecule has 5 nitrogen and oxygen atoms in total. The van der Waals surface area contributed by atoms with Crippen molar-refractivity contribution in [1.82, 2.24) is 0 Å². The Labute approximate surface area is 300 Å². The van der Waals surface area contributed by atoms with Crippen molar-refractivity contribution in [3.63, 3.8) is 0 Å². The van der Waals surface area contributed by atoms with Crippen LogP contribution in [0, 0.1) is 0 Å². The fourth-order valence-electron chi connectivity index (χ4n) is 3.93. The van der Waals surface area contributed by atoms with Crippen molar-refractivity contribution >= 4 is 11.9 Å². The lowest BCUT2D eigenvalue weighted by Gasteiger charge is -2.39. The van der Waals surface area contributed by atoms with E-state index in [9.17, 15) is 124 Å². The average Bonchev–Trinajstić information content (AvgIpc) is 3.03. The zero-order chi connectivity index (χ0) is 46.0. The first-order valence-corrected chi connectivity index (χ1v) is 14.4. The molecule has 338 valence electrons. The molecule has 0 rings (SSSR count). The van der Waals surface area contributed by atoms with Crippen molar-refractivity contribution in [3.8, 4) is 0 Å². The lowest BCUT2D eigenvalue weighted by molar-refractivity contribution is -0.904. The minimum atomic E-state index is -8.12. The van der Waals surface area contributed by atoms with Crippen LogP contribution in [-0.4, -0.2) is 141 Å². The number of likely N-dealkylation sites (N-methyl/N-ethyl adjacent to an activating group) is 1. The lowest BCUT2D eigenvalue weighted by atomic mass is 9.91. The summed E-state index contributed by atoms with van der Waals surface area (Å²) in [7, 11) is 0.998. The van der Waals surface area contributed by atoms with Crippen molar-refractivity contribution < 1.29 is 138 Å². The quantitative estimate of drug-likeness (QED) is 0.0420. The van der Waals surface area contributed by atoms with Gasteiger partial charge < -0.3 is 14.0 Å². The molecule has 0 spiro atoms. The van der Waals surface area contributed by atoms with E-state index in [-0.39, 0.29) is 0 Å². The maximum Gasteiger partial charge on any atom is 0.384 e. The molecule has 31 heteroatoms. The third-order valence-corrected chi connectivity index (χ3v) is 7.64. The third kappa shape index (κ3) is 9.66. The van der Waals surface area contributed by atoms with E-state index in [1.807, 2.05) is 0 Å². The highest BCUT2D eigenvalue weighted by molar-refractivity contribution is 5.70. The standard InChI is InChI=1S/C26H24F26NO4/c1-3-4-53(2,5-7-56-13(54)9-11(27)17(33,34)21(41,42)25(49,50)23(45,46)19(37,38)15(29)30)6-8-57-14(55)10-12(28)18(35,36)22(43,44)26(51,52)24(47,48)20(39,40)16(31)32/h3,11-12,15-16H,1,4-10H2,2H3/q+1. The highest BCUT2D eigenvalue weighted by Gasteiger charge is 2.90. The third-order valence-electron chi connectivity index (χ3n) is 7.64. The fraction of sp³-hybridized carbons (Fsp3) is 0.846. The smallest absolute Gasteiger partial charge is 0.384 e. The Balaban J connectivity index is 5.63. The monoisotopic (exact) mass is 908 g/mol. The second-order valence-corrected chi connectivity index (χ2v) is 11.9. The summed E-state index contributed by atoms with van der Waals surface area (Å²) in [6.07, 6.45) is -26.2. The van der Waals surface area contributed by atoms with Gasteiger partial charge in [0.05, 0.1) is 26.4 Å². The second kappa shape index (κ2) is 17.2. The summed E-state index contributed by atoms with van der Waals surface area (Å²) in [6, 6.07) is 0. The molecular weight excluding hydrogens is 884 g/mol. The summed E-state index contributed by atoms with van der Waals surface area (Å²) in [6.45, 7) is -1.20. The predicted molar refractivity (Wildman–Crippen MR) is 133 cm³/mol. The van der Waals surface area contributed by atoms with Gasteiger partial charge in [-0.1, -0.05) is 6.58 Å². The largest absolute Gasteiger partial charge is 0.460 e. The number of rotatable bonds is 24. The summed E-state index contributed by atoms with van der Waals surface area (Å²) in [5.74, 6) is -81.9. The molecule has 0 aromatic heterocycles. The van der Waals surface area contributed by atoms with Crippen molar-refractivity contribution in [2.75, 3.05) is 39.9 Å². The van der Waals surface area contributed by atoms with E-state index >= 15 is 0 Å². The zero-order valence-corrected chi connectivity index (χ0v) is 27.5. The Morgan fingerprint density at radius 3 is 0.965 bits per heavy atom. The molecule has 2 atom stereocenters.